The Morgan fingerprint density at radius 1 is 1.15 bits per heavy atom. The minimum atomic E-state index is -0.0335. The Balaban J connectivity index is 2.35. The number of Topliss-reactive ketones (excluding diaryl/α,β-unsaturated/α-hetero) is 1. The fraction of sp³-hybridized carbons (Fsp3) is 0.300. The molecule has 1 aliphatic rings. The van der Waals surface area contributed by atoms with Gasteiger partial charge < -0.3 is 9.47 Å². The lowest BCUT2D eigenvalue weighted by molar-refractivity contribution is -0.122. The Hall–Kier alpha value is -1.51. The number of ether oxygens (including phenoxy) is 2. The van der Waals surface area contributed by atoms with Crippen LogP contribution in [0.4, 0.5) is 0 Å². The molecule has 1 aliphatic heterocycles. The van der Waals surface area contributed by atoms with Crippen molar-refractivity contribution in [1.29, 1.82) is 0 Å². The molecule has 0 bridgehead atoms. The highest BCUT2D eigenvalue weighted by Crippen LogP contribution is 2.29. The van der Waals surface area contributed by atoms with Crippen molar-refractivity contribution in [2.45, 2.75) is 6.92 Å². The normalized spacial score (nSPS) is 15.3. The molecule has 0 spiro atoms. The minimum absolute atomic E-state index is 0.0335. The van der Waals surface area contributed by atoms with Crippen LogP contribution in [0.1, 0.15) is 5.56 Å². The second-order valence-corrected chi connectivity index (χ2v) is 3.07. The molecule has 1 heterocycles. The first-order chi connectivity index (χ1) is 6.25. The van der Waals surface area contributed by atoms with Gasteiger partial charge in [0.15, 0.2) is 24.7 Å². The van der Waals surface area contributed by atoms with Gasteiger partial charge in [0.25, 0.3) is 0 Å². The molecule has 3 nitrogen and oxygen atoms in total. The van der Waals surface area contributed by atoms with Crippen molar-refractivity contribution in [2.24, 2.45) is 0 Å². The first-order valence-corrected chi connectivity index (χ1v) is 4.13. The summed E-state index contributed by atoms with van der Waals surface area (Å²) < 4.78 is 10.5. The summed E-state index contributed by atoms with van der Waals surface area (Å²) >= 11 is 0. The lowest BCUT2D eigenvalue weighted by Gasteiger charge is -2.05. The molecule has 1 aromatic carbocycles. The second kappa shape index (κ2) is 3.09. The van der Waals surface area contributed by atoms with Gasteiger partial charge in [-0.05, 0) is 24.6 Å². The van der Waals surface area contributed by atoms with Gasteiger partial charge in [0.1, 0.15) is 0 Å². The third kappa shape index (κ3) is 1.64. The maximum Gasteiger partial charge on any atom is 0.207 e. The topological polar surface area (TPSA) is 35.5 Å². The van der Waals surface area contributed by atoms with E-state index < -0.39 is 0 Å². The molecular formula is C10H10O3. The molecule has 1 aromatic rings. The summed E-state index contributed by atoms with van der Waals surface area (Å²) in [5.41, 5.74) is 1.09. The minimum Gasteiger partial charge on any atom is -0.482 e. The van der Waals surface area contributed by atoms with Crippen molar-refractivity contribution in [3.63, 3.8) is 0 Å². The van der Waals surface area contributed by atoms with Gasteiger partial charge in [0, 0.05) is 0 Å². The third-order valence-electron chi connectivity index (χ3n) is 1.88. The van der Waals surface area contributed by atoms with E-state index >= 15 is 0 Å². The predicted octanol–water partition coefficient (Wildman–Crippen LogP) is 1.34. The average molecular weight is 178 g/mol. The quantitative estimate of drug-likeness (QED) is 0.601. The predicted molar refractivity (Wildman–Crippen MR) is 47.2 cm³/mol. The van der Waals surface area contributed by atoms with E-state index in [4.69, 9.17) is 9.47 Å². The Morgan fingerprint density at radius 2 is 1.85 bits per heavy atom. The van der Waals surface area contributed by atoms with Crippen LogP contribution in [0.2, 0.25) is 0 Å². The van der Waals surface area contributed by atoms with Crippen LogP contribution in [0, 0.1) is 6.92 Å². The summed E-state index contributed by atoms with van der Waals surface area (Å²) in [7, 11) is 0. The first kappa shape index (κ1) is 8.10. The Morgan fingerprint density at radius 3 is 2.62 bits per heavy atom. The zero-order valence-corrected chi connectivity index (χ0v) is 7.37. The Kier molecular flexibility index (Phi) is 1.93. The number of hydrogen-bond acceptors (Lipinski definition) is 3. The molecule has 0 N–H and O–H groups in total. The highest BCUT2D eigenvalue weighted by Gasteiger charge is 2.14. The Labute approximate surface area is 76.3 Å². The van der Waals surface area contributed by atoms with Gasteiger partial charge in [0.2, 0.25) is 5.78 Å². The van der Waals surface area contributed by atoms with E-state index in [0.717, 1.165) is 5.56 Å². The molecule has 0 aliphatic carbocycles. The number of hydrogen-bond donors (Lipinski definition) is 0. The summed E-state index contributed by atoms with van der Waals surface area (Å²) in [6, 6.07) is 5.62. The van der Waals surface area contributed by atoms with E-state index in [-0.39, 0.29) is 19.0 Å². The van der Waals surface area contributed by atoms with Crippen molar-refractivity contribution in [1.82, 2.24) is 0 Å². The maximum absolute atomic E-state index is 11.0. The molecule has 0 aromatic heterocycles. The molecule has 0 amide bonds. The number of carbonyl (C=O) groups is 1. The van der Waals surface area contributed by atoms with E-state index in [2.05, 4.69) is 0 Å². The van der Waals surface area contributed by atoms with Crippen LogP contribution in [0.25, 0.3) is 0 Å². The molecule has 0 saturated heterocycles. The molecule has 0 unspecified atom stereocenters. The number of aryl methyl sites for hydroxylation is 1. The highest BCUT2D eigenvalue weighted by molar-refractivity contribution is 5.82. The van der Waals surface area contributed by atoms with Gasteiger partial charge >= 0.3 is 0 Å². The fourth-order valence-electron chi connectivity index (χ4n) is 1.21. The van der Waals surface area contributed by atoms with Gasteiger partial charge in [-0.1, -0.05) is 6.07 Å². The summed E-state index contributed by atoms with van der Waals surface area (Å²) in [6.07, 6.45) is 0. The highest BCUT2D eigenvalue weighted by atomic mass is 16.5. The number of ketones is 1. The molecule has 0 fully saturated rings. The van der Waals surface area contributed by atoms with E-state index in [1.807, 2.05) is 25.1 Å². The van der Waals surface area contributed by atoms with E-state index in [0.29, 0.717) is 11.5 Å². The second-order valence-electron chi connectivity index (χ2n) is 3.07. The average Bonchev–Trinajstić information content (AvgIpc) is 2.29. The fourth-order valence-corrected chi connectivity index (χ4v) is 1.21. The largest absolute Gasteiger partial charge is 0.482 e. The van der Waals surface area contributed by atoms with Crippen molar-refractivity contribution in [3.8, 4) is 11.5 Å². The number of fused-ring (bicyclic) bond motifs is 1. The van der Waals surface area contributed by atoms with Gasteiger partial charge in [-0.25, -0.2) is 0 Å². The van der Waals surface area contributed by atoms with E-state index in [9.17, 15) is 4.79 Å². The van der Waals surface area contributed by atoms with Gasteiger partial charge in [0.05, 0.1) is 0 Å². The van der Waals surface area contributed by atoms with E-state index in [1.54, 1.807) is 0 Å². The van der Waals surface area contributed by atoms with Crippen LogP contribution in [-0.4, -0.2) is 19.0 Å². The molecule has 3 heteroatoms. The summed E-state index contributed by atoms with van der Waals surface area (Å²) in [6.45, 7) is 2.18. The van der Waals surface area contributed by atoms with E-state index in [1.165, 1.54) is 0 Å². The molecule has 2 rings (SSSR count). The maximum atomic E-state index is 11.0. The molecule has 0 saturated carbocycles. The number of rotatable bonds is 0. The lowest BCUT2D eigenvalue weighted by atomic mass is 10.2. The third-order valence-corrected chi connectivity index (χ3v) is 1.88. The van der Waals surface area contributed by atoms with Crippen molar-refractivity contribution >= 4 is 5.78 Å². The van der Waals surface area contributed by atoms with Crippen LogP contribution in [0.3, 0.4) is 0 Å². The monoisotopic (exact) mass is 178 g/mol. The van der Waals surface area contributed by atoms with Crippen molar-refractivity contribution in [2.75, 3.05) is 13.2 Å². The molecule has 13 heavy (non-hydrogen) atoms. The number of carbonyl (C=O) groups excluding carboxylic acids is 1. The van der Waals surface area contributed by atoms with Gasteiger partial charge in [-0.3, -0.25) is 4.79 Å². The zero-order chi connectivity index (χ0) is 9.26. The van der Waals surface area contributed by atoms with Crippen LogP contribution in [-0.2, 0) is 4.79 Å². The number of benzene rings is 1. The van der Waals surface area contributed by atoms with Crippen LogP contribution < -0.4 is 9.47 Å². The Bertz CT molecular complexity index is 344. The molecule has 0 radical (unpaired) electrons. The zero-order valence-electron chi connectivity index (χ0n) is 7.37. The smallest absolute Gasteiger partial charge is 0.207 e. The first-order valence-electron chi connectivity index (χ1n) is 4.13. The molecule has 0 atom stereocenters. The van der Waals surface area contributed by atoms with Gasteiger partial charge in [-0.15, -0.1) is 0 Å². The van der Waals surface area contributed by atoms with Crippen LogP contribution in [0.15, 0.2) is 18.2 Å². The standard InChI is InChI=1S/C10H10O3/c1-7-2-3-9-10(4-7)13-6-8(11)5-12-9/h2-4H,5-6H2,1H3. The summed E-state index contributed by atoms with van der Waals surface area (Å²) in [4.78, 5) is 11.0. The lowest BCUT2D eigenvalue weighted by Crippen LogP contribution is -2.15. The summed E-state index contributed by atoms with van der Waals surface area (Å²) in [5, 5.41) is 0. The van der Waals surface area contributed by atoms with Crippen molar-refractivity contribution in [3.05, 3.63) is 23.8 Å². The van der Waals surface area contributed by atoms with Crippen LogP contribution >= 0.6 is 0 Å². The molecular weight excluding hydrogens is 168 g/mol. The molecule has 68 valence electrons. The van der Waals surface area contributed by atoms with Crippen LogP contribution in [0.5, 0.6) is 11.5 Å². The van der Waals surface area contributed by atoms with Crippen molar-refractivity contribution < 1.29 is 14.3 Å². The summed E-state index contributed by atoms with van der Waals surface area (Å²) in [5.74, 6) is 1.27. The van der Waals surface area contributed by atoms with Gasteiger partial charge in [-0.2, -0.15) is 0 Å². The SMILES string of the molecule is Cc1ccc2c(c1)OCC(=O)CO2.